The van der Waals surface area contributed by atoms with Crippen molar-refractivity contribution >= 4 is 5.91 Å². The average Bonchev–Trinajstić information content (AvgIpc) is 2.17. The zero-order valence-corrected chi connectivity index (χ0v) is 8.62. The first-order chi connectivity index (χ1) is 6.15. The lowest BCUT2D eigenvalue weighted by Crippen LogP contribution is -2.39. The summed E-state index contributed by atoms with van der Waals surface area (Å²) in [4.78, 5) is 15.7. The molecule has 1 aliphatic rings. The fourth-order valence-corrected chi connectivity index (χ4v) is 1.68. The van der Waals surface area contributed by atoms with Gasteiger partial charge in [-0.1, -0.05) is 0 Å². The smallest absolute Gasteiger partial charge is 0.225 e. The molecule has 0 aromatic heterocycles. The van der Waals surface area contributed by atoms with Crippen molar-refractivity contribution < 1.29 is 4.79 Å². The van der Waals surface area contributed by atoms with E-state index in [0.29, 0.717) is 6.54 Å². The summed E-state index contributed by atoms with van der Waals surface area (Å²) in [6.07, 6.45) is 2.00. The third-order valence-corrected chi connectivity index (χ3v) is 2.78. The molecule has 1 aliphatic heterocycles. The molecule has 1 radical (unpaired) electrons. The van der Waals surface area contributed by atoms with E-state index in [2.05, 4.69) is 18.9 Å². The van der Waals surface area contributed by atoms with Crippen LogP contribution in [0.15, 0.2) is 0 Å². The summed E-state index contributed by atoms with van der Waals surface area (Å²) in [6, 6.07) is 0. The highest BCUT2D eigenvalue weighted by Crippen LogP contribution is 2.17. The summed E-state index contributed by atoms with van der Waals surface area (Å²) < 4.78 is 0. The number of rotatable bonds is 2. The van der Waals surface area contributed by atoms with Gasteiger partial charge in [0.15, 0.2) is 0 Å². The SMILES string of the molecule is [CH2]CN(C)C(=O)C1CCN(C)CC1. The molecule has 0 bridgehead atoms. The zero-order chi connectivity index (χ0) is 9.84. The van der Waals surface area contributed by atoms with E-state index in [-0.39, 0.29) is 11.8 Å². The number of likely N-dealkylation sites (tertiary alicyclic amines) is 1. The van der Waals surface area contributed by atoms with Gasteiger partial charge in [-0.25, -0.2) is 0 Å². The normalized spacial score (nSPS) is 20.2. The highest BCUT2D eigenvalue weighted by molar-refractivity contribution is 5.78. The molecule has 13 heavy (non-hydrogen) atoms. The van der Waals surface area contributed by atoms with Gasteiger partial charge in [-0.2, -0.15) is 0 Å². The summed E-state index contributed by atoms with van der Waals surface area (Å²) in [6.45, 7) is 6.37. The Morgan fingerprint density at radius 3 is 2.54 bits per heavy atom. The Hall–Kier alpha value is -0.570. The number of amides is 1. The first-order valence-electron chi connectivity index (χ1n) is 4.88. The van der Waals surface area contributed by atoms with Crippen molar-refractivity contribution in [3.8, 4) is 0 Å². The third kappa shape index (κ3) is 2.69. The van der Waals surface area contributed by atoms with Gasteiger partial charge < -0.3 is 9.80 Å². The average molecular weight is 183 g/mol. The second-order valence-corrected chi connectivity index (χ2v) is 3.84. The minimum atomic E-state index is 0.239. The van der Waals surface area contributed by atoms with E-state index in [1.807, 2.05) is 7.05 Å². The summed E-state index contributed by atoms with van der Waals surface area (Å²) in [7, 11) is 3.93. The molecule has 0 aliphatic carbocycles. The monoisotopic (exact) mass is 183 g/mol. The summed E-state index contributed by atoms with van der Waals surface area (Å²) >= 11 is 0. The highest BCUT2D eigenvalue weighted by Gasteiger charge is 2.24. The van der Waals surface area contributed by atoms with Crippen LogP contribution in [0.4, 0.5) is 0 Å². The van der Waals surface area contributed by atoms with Crippen molar-refractivity contribution in [2.24, 2.45) is 5.92 Å². The van der Waals surface area contributed by atoms with Crippen LogP contribution in [0.5, 0.6) is 0 Å². The van der Waals surface area contributed by atoms with Crippen molar-refractivity contribution in [1.82, 2.24) is 9.80 Å². The maximum Gasteiger partial charge on any atom is 0.225 e. The molecule has 0 N–H and O–H groups in total. The Bertz CT molecular complexity index is 174. The van der Waals surface area contributed by atoms with Crippen LogP contribution in [0.3, 0.4) is 0 Å². The van der Waals surface area contributed by atoms with Gasteiger partial charge in [0, 0.05) is 19.5 Å². The zero-order valence-electron chi connectivity index (χ0n) is 8.62. The predicted molar refractivity (Wildman–Crippen MR) is 53.2 cm³/mol. The second-order valence-electron chi connectivity index (χ2n) is 3.84. The van der Waals surface area contributed by atoms with Gasteiger partial charge in [0.2, 0.25) is 5.91 Å². The van der Waals surface area contributed by atoms with E-state index in [1.165, 1.54) is 0 Å². The fraction of sp³-hybridized carbons (Fsp3) is 0.800. The van der Waals surface area contributed by atoms with E-state index in [4.69, 9.17) is 0 Å². The fourth-order valence-electron chi connectivity index (χ4n) is 1.68. The van der Waals surface area contributed by atoms with Crippen molar-refractivity contribution in [1.29, 1.82) is 0 Å². The molecule has 1 saturated heterocycles. The van der Waals surface area contributed by atoms with Gasteiger partial charge in [-0.15, -0.1) is 0 Å². The lowest BCUT2D eigenvalue weighted by molar-refractivity contribution is -0.135. The van der Waals surface area contributed by atoms with Gasteiger partial charge in [-0.05, 0) is 39.9 Å². The molecule has 0 unspecified atom stereocenters. The van der Waals surface area contributed by atoms with Crippen LogP contribution in [0.25, 0.3) is 0 Å². The van der Waals surface area contributed by atoms with Crippen LogP contribution in [0.1, 0.15) is 12.8 Å². The first kappa shape index (κ1) is 10.5. The molecular formula is C10H19N2O. The van der Waals surface area contributed by atoms with Crippen LogP contribution in [0.2, 0.25) is 0 Å². The quantitative estimate of drug-likeness (QED) is 0.626. The number of hydrogen-bond donors (Lipinski definition) is 0. The lowest BCUT2D eigenvalue weighted by Gasteiger charge is -2.30. The van der Waals surface area contributed by atoms with E-state index in [1.54, 1.807) is 4.90 Å². The number of hydrogen-bond acceptors (Lipinski definition) is 2. The van der Waals surface area contributed by atoms with E-state index in [0.717, 1.165) is 25.9 Å². The summed E-state index contributed by atoms with van der Waals surface area (Å²) in [5.74, 6) is 0.506. The number of carbonyl (C=O) groups is 1. The molecule has 3 nitrogen and oxygen atoms in total. The van der Waals surface area contributed by atoms with Crippen LogP contribution < -0.4 is 0 Å². The minimum Gasteiger partial charge on any atom is -0.346 e. The molecule has 0 spiro atoms. The Balaban J connectivity index is 2.40. The molecule has 75 valence electrons. The minimum absolute atomic E-state index is 0.239. The van der Waals surface area contributed by atoms with E-state index < -0.39 is 0 Å². The predicted octanol–water partition coefficient (Wildman–Crippen LogP) is 0.621. The largest absolute Gasteiger partial charge is 0.346 e. The molecule has 0 saturated carbocycles. The molecular weight excluding hydrogens is 164 g/mol. The number of carbonyl (C=O) groups excluding carboxylic acids is 1. The third-order valence-electron chi connectivity index (χ3n) is 2.78. The summed E-state index contributed by atoms with van der Waals surface area (Å²) in [5, 5.41) is 0. The molecule has 0 aromatic carbocycles. The molecule has 1 fully saturated rings. The highest BCUT2D eigenvalue weighted by atomic mass is 16.2. The van der Waals surface area contributed by atoms with E-state index in [9.17, 15) is 4.79 Å². The van der Waals surface area contributed by atoms with Gasteiger partial charge in [-0.3, -0.25) is 4.79 Å². The van der Waals surface area contributed by atoms with Crippen LogP contribution in [-0.2, 0) is 4.79 Å². The Labute approximate surface area is 80.7 Å². The summed E-state index contributed by atoms with van der Waals surface area (Å²) in [5.41, 5.74) is 0. The van der Waals surface area contributed by atoms with Crippen LogP contribution in [0, 0.1) is 12.8 Å². The van der Waals surface area contributed by atoms with Crippen molar-refractivity contribution in [3.63, 3.8) is 0 Å². The van der Waals surface area contributed by atoms with Crippen LogP contribution >= 0.6 is 0 Å². The van der Waals surface area contributed by atoms with Crippen molar-refractivity contribution in [2.45, 2.75) is 12.8 Å². The van der Waals surface area contributed by atoms with E-state index >= 15 is 0 Å². The maximum atomic E-state index is 11.7. The number of piperidine rings is 1. The number of nitrogens with zero attached hydrogens (tertiary/aromatic N) is 2. The topological polar surface area (TPSA) is 23.6 Å². The molecule has 1 heterocycles. The van der Waals surface area contributed by atoms with Gasteiger partial charge in [0.1, 0.15) is 0 Å². The maximum absolute atomic E-state index is 11.7. The molecule has 1 amide bonds. The van der Waals surface area contributed by atoms with Gasteiger partial charge in [0.05, 0.1) is 0 Å². The standard InChI is InChI=1S/C10H19N2O/c1-4-12(3)10(13)9-5-7-11(2)8-6-9/h9H,1,4-8H2,2-3H3. The van der Waals surface area contributed by atoms with Crippen molar-refractivity contribution in [3.05, 3.63) is 6.92 Å². The Morgan fingerprint density at radius 1 is 1.54 bits per heavy atom. The first-order valence-corrected chi connectivity index (χ1v) is 4.88. The molecule has 3 heteroatoms. The second kappa shape index (κ2) is 4.61. The lowest BCUT2D eigenvalue weighted by atomic mass is 9.96. The molecule has 0 aromatic rings. The van der Waals surface area contributed by atoms with Gasteiger partial charge >= 0.3 is 0 Å². The van der Waals surface area contributed by atoms with Crippen LogP contribution in [-0.4, -0.2) is 49.4 Å². The molecule has 1 rings (SSSR count). The van der Waals surface area contributed by atoms with Gasteiger partial charge in [0.25, 0.3) is 0 Å². The van der Waals surface area contributed by atoms with Crippen molar-refractivity contribution in [2.75, 3.05) is 33.7 Å². The Morgan fingerprint density at radius 2 is 2.08 bits per heavy atom. The molecule has 0 atom stereocenters. The Kier molecular flexibility index (Phi) is 3.72.